The first kappa shape index (κ1) is 15.8. The molecule has 0 bridgehead atoms. The molecule has 3 rings (SSSR count). The summed E-state index contributed by atoms with van der Waals surface area (Å²) >= 11 is 5.36. The van der Waals surface area contributed by atoms with Gasteiger partial charge in [-0.25, -0.2) is 4.39 Å². The highest BCUT2D eigenvalue weighted by Gasteiger charge is 2.44. The minimum absolute atomic E-state index is 0.0424. The molecule has 1 aliphatic carbocycles. The quantitative estimate of drug-likeness (QED) is 0.800. The summed E-state index contributed by atoms with van der Waals surface area (Å²) in [5.41, 5.74) is 2.07. The molecule has 118 valence electrons. The van der Waals surface area contributed by atoms with Gasteiger partial charge in [0.1, 0.15) is 11.7 Å². The van der Waals surface area contributed by atoms with Gasteiger partial charge in [-0.3, -0.25) is 4.79 Å². The monoisotopic (exact) mass is 328 g/mol. The SMILES string of the molecule is CC1(C)CC(=O)C2=C(C1)NC(=S)[C@H](C#N)[C@H]2c1ccc(F)cc1. The number of hydrogen-bond acceptors (Lipinski definition) is 3. The Labute approximate surface area is 140 Å². The van der Waals surface area contributed by atoms with E-state index in [1.54, 1.807) is 12.1 Å². The Bertz CT molecular complexity index is 758. The van der Waals surface area contributed by atoms with Crippen LogP contribution in [0.2, 0.25) is 0 Å². The van der Waals surface area contributed by atoms with E-state index in [2.05, 4.69) is 11.4 Å². The Balaban J connectivity index is 2.16. The molecular formula is C18H17FN2OS. The second kappa shape index (κ2) is 5.54. The number of halogens is 1. The van der Waals surface area contributed by atoms with Crippen molar-refractivity contribution in [2.24, 2.45) is 11.3 Å². The van der Waals surface area contributed by atoms with Gasteiger partial charge in [0.15, 0.2) is 5.78 Å². The van der Waals surface area contributed by atoms with Crippen LogP contribution < -0.4 is 5.32 Å². The zero-order valence-corrected chi connectivity index (χ0v) is 13.8. The molecule has 2 aliphatic rings. The highest BCUT2D eigenvalue weighted by atomic mass is 32.1. The van der Waals surface area contributed by atoms with Crippen molar-refractivity contribution in [1.29, 1.82) is 5.26 Å². The van der Waals surface area contributed by atoms with E-state index in [0.29, 0.717) is 23.4 Å². The average Bonchev–Trinajstić information content (AvgIpc) is 2.45. The molecule has 23 heavy (non-hydrogen) atoms. The van der Waals surface area contributed by atoms with Gasteiger partial charge in [0, 0.05) is 23.6 Å². The third-order valence-corrected chi connectivity index (χ3v) is 4.85. The molecule has 2 atom stereocenters. The van der Waals surface area contributed by atoms with Crippen LogP contribution in [-0.2, 0) is 4.79 Å². The molecular weight excluding hydrogens is 311 g/mol. The van der Waals surface area contributed by atoms with Crippen LogP contribution in [0, 0.1) is 28.5 Å². The number of benzene rings is 1. The molecule has 0 unspecified atom stereocenters. The summed E-state index contributed by atoms with van der Waals surface area (Å²) in [6.45, 7) is 4.09. The van der Waals surface area contributed by atoms with Gasteiger partial charge < -0.3 is 5.32 Å². The Morgan fingerprint density at radius 2 is 1.96 bits per heavy atom. The number of Topliss-reactive ketones (excluding diaryl/α,β-unsaturated/α-hetero) is 1. The van der Waals surface area contributed by atoms with Crippen molar-refractivity contribution >= 4 is 23.0 Å². The van der Waals surface area contributed by atoms with E-state index in [-0.39, 0.29) is 17.0 Å². The maximum atomic E-state index is 13.2. The van der Waals surface area contributed by atoms with Crippen LogP contribution in [-0.4, -0.2) is 10.8 Å². The van der Waals surface area contributed by atoms with Crippen LogP contribution in [0.15, 0.2) is 35.5 Å². The van der Waals surface area contributed by atoms with E-state index >= 15 is 0 Å². The van der Waals surface area contributed by atoms with Crippen molar-refractivity contribution in [2.75, 3.05) is 0 Å². The van der Waals surface area contributed by atoms with Crippen molar-refractivity contribution in [3.8, 4) is 6.07 Å². The maximum Gasteiger partial charge on any atom is 0.161 e. The second-order valence-electron chi connectivity index (χ2n) is 6.96. The van der Waals surface area contributed by atoms with E-state index in [0.717, 1.165) is 11.3 Å². The number of hydrogen-bond donors (Lipinski definition) is 1. The maximum absolute atomic E-state index is 13.2. The summed E-state index contributed by atoms with van der Waals surface area (Å²) in [7, 11) is 0. The van der Waals surface area contributed by atoms with Crippen LogP contribution in [0.25, 0.3) is 0 Å². The third-order valence-electron chi connectivity index (χ3n) is 4.49. The normalized spacial score (nSPS) is 26.3. The van der Waals surface area contributed by atoms with Crippen LogP contribution in [0.5, 0.6) is 0 Å². The van der Waals surface area contributed by atoms with E-state index in [1.165, 1.54) is 12.1 Å². The zero-order chi connectivity index (χ0) is 16.8. The van der Waals surface area contributed by atoms with Gasteiger partial charge in [-0.2, -0.15) is 5.26 Å². The molecule has 0 radical (unpaired) electrons. The molecule has 3 nitrogen and oxygen atoms in total. The third kappa shape index (κ3) is 2.79. The molecule has 0 saturated heterocycles. The predicted octanol–water partition coefficient (Wildman–Crippen LogP) is 3.62. The van der Waals surface area contributed by atoms with Crippen molar-refractivity contribution in [2.45, 2.75) is 32.6 Å². The molecule has 0 aromatic heterocycles. The number of ketones is 1. The van der Waals surface area contributed by atoms with Gasteiger partial charge in [0.05, 0.1) is 11.1 Å². The largest absolute Gasteiger partial charge is 0.352 e. The zero-order valence-electron chi connectivity index (χ0n) is 13.0. The summed E-state index contributed by atoms with van der Waals surface area (Å²) in [5, 5.41) is 12.7. The topological polar surface area (TPSA) is 52.9 Å². The summed E-state index contributed by atoms with van der Waals surface area (Å²) < 4.78 is 13.2. The molecule has 1 aliphatic heterocycles. The minimum Gasteiger partial charge on any atom is -0.352 e. The van der Waals surface area contributed by atoms with Crippen molar-refractivity contribution in [3.05, 3.63) is 46.9 Å². The van der Waals surface area contributed by atoms with Crippen LogP contribution >= 0.6 is 12.2 Å². The molecule has 1 heterocycles. The highest BCUT2D eigenvalue weighted by Crippen LogP contribution is 2.45. The molecule has 0 fully saturated rings. The van der Waals surface area contributed by atoms with Gasteiger partial charge in [-0.15, -0.1) is 0 Å². The van der Waals surface area contributed by atoms with Crippen molar-refractivity contribution < 1.29 is 9.18 Å². The Hall–Kier alpha value is -2.06. The van der Waals surface area contributed by atoms with Crippen molar-refractivity contribution in [3.63, 3.8) is 0 Å². The van der Waals surface area contributed by atoms with Gasteiger partial charge in [-0.05, 0) is 29.5 Å². The fourth-order valence-corrected chi connectivity index (χ4v) is 3.83. The molecule has 1 aromatic rings. The summed E-state index contributed by atoms with van der Waals surface area (Å²) in [4.78, 5) is 13.2. The summed E-state index contributed by atoms with van der Waals surface area (Å²) in [5.74, 6) is -1.34. The van der Waals surface area contributed by atoms with Gasteiger partial charge in [0.2, 0.25) is 0 Å². The number of rotatable bonds is 1. The van der Waals surface area contributed by atoms with E-state index in [4.69, 9.17) is 12.2 Å². The number of carbonyl (C=O) groups is 1. The number of carbonyl (C=O) groups excluding carboxylic acids is 1. The first-order valence-electron chi connectivity index (χ1n) is 7.54. The highest BCUT2D eigenvalue weighted by molar-refractivity contribution is 7.80. The Morgan fingerprint density at radius 3 is 2.57 bits per heavy atom. The molecule has 0 amide bonds. The fourth-order valence-electron chi connectivity index (χ4n) is 3.51. The minimum atomic E-state index is -0.612. The van der Waals surface area contributed by atoms with E-state index < -0.39 is 11.8 Å². The molecule has 1 aromatic carbocycles. The number of nitrogens with one attached hydrogen (secondary N) is 1. The van der Waals surface area contributed by atoms with Crippen LogP contribution in [0.4, 0.5) is 4.39 Å². The Morgan fingerprint density at radius 1 is 1.30 bits per heavy atom. The summed E-state index contributed by atoms with van der Waals surface area (Å²) in [6, 6.07) is 8.18. The first-order chi connectivity index (χ1) is 10.8. The number of nitrogens with zero attached hydrogens (tertiary/aromatic N) is 1. The van der Waals surface area contributed by atoms with E-state index in [1.807, 2.05) is 13.8 Å². The lowest BCUT2D eigenvalue weighted by atomic mass is 9.67. The summed E-state index contributed by atoms with van der Waals surface area (Å²) in [6.07, 6.45) is 1.15. The molecule has 5 heteroatoms. The number of thiocarbonyl (C=S) groups is 1. The Kier molecular flexibility index (Phi) is 3.81. The standard InChI is InChI=1S/C18H17FN2OS/c1-18(2)7-13-16(14(22)8-18)15(12(9-20)17(23)21-13)10-3-5-11(19)6-4-10/h3-6,12,15H,7-8H2,1-2H3,(H,21,23)/t12-,15-/m1/s1. The van der Waals surface area contributed by atoms with Gasteiger partial charge in [-0.1, -0.05) is 38.2 Å². The van der Waals surface area contributed by atoms with E-state index in [9.17, 15) is 14.4 Å². The first-order valence-corrected chi connectivity index (χ1v) is 7.95. The molecule has 0 saturated carbocycles. The van der Waals surface area contributed by atoms with Gasteiger partial charge in [0.25, 0.3) is 0 Å². The van der Waals surface area contributed by atoms with Gasteiger partial charge >= 0.3 is 0 Å². The van der Waals surface area contributed by atoms with Crippen molar-refractivity contribution in [1.82, 2.24) is 5.32 Å². The smallest absolute Gasteiger partial charge is 0.161 e. The second-order valence-corrected chi connectivity index (χ2v) is 7.40. The van der Waals surface area contributed by atoms with Crippen LogP contribution in [0.1, 0.15) is 38.2 Å². The fraction of sp³-hybridized carbons (Fsp3) is 0.389. The van der Waals surface area contributed by atoms with Crippen LogP contribution in [0.3, 0.4) is 0 Å². The predicted molar refractivity (Wildman–Crippen MR) is 89.0 cm³/mol. The lowest BCUT2D eigenvalue weighted by Crippen LogP contribution is -2.44. The lowest BCUT2D eigenvalue weighted by Gasteiger charge is -2.40. The molecule has 1 N–H and O–H groups in total. The average molecular weight is 328 g/mol. The molecule has 0 spiro atoms. The number of nitriles is 1. The number of allylic oxidation sites excluding steroid dienone is 2. The lowest BCUT2D eigenvalue weighted by molar-refractivity contribution is -0.118.